The Morgan fingerprint density at radius 1 is 1.00 bits per heavy atom. The summed E-state index contributed by atoms with van der Waals surface area (Å²) in [5, 5.41) is 0. The van der Waals surface area contributed by atoms with Crippen LogP contribution in [0.3, 0.4) is 0 Å². The third-order valence-corrected chi connectivity index (χ3v) is 3.57. The number of rotatable bonds is 0. The minimum atomic E-state index is 0.190. The summed E-state index contributed by atoms with van der Waals surface area (Å²) in [5.41, 5.74) is 2.79. The Labute approximate surface area is 97.0 Å². The molecule has 0 heterocycles. The van der Waals surface area contributed by atoms with Gasteiger partial charge in [-0.3, -0.25) is 0 Å². The minimum absolute atomic E-state index is 0.190. The van der Waals surface area contributed by atoms with E-state index in [1.165, 1.54) is 20.1 Å². The molecule has 0 aromatic heterocycles. The van der Waals surface area contributed by atoms with Crippen molar-refractivity contribution in [1.82, 2.24) is 0 Å². The highest BCUT2D eigenvalue weighted by Gasteiger charge is 2.17. The molecule has 0 spiro atoms. The maximum absolute atomic E-state index is 3.60. The third-order valence-electron chi connectivity index (χ3n) is 2.06. The predicted octanol–water partition coefficient (Wildman–Crippen LogP) is 4.82. The van der Waals surface area contributed by atoms with E-state index in [1.54, 1.807) is 0 Å². The Morgan fingerprint density at radius 2 is 1.54 bits per heavy atom. The molecule has 72 valence electrons. The van der Waals surface area contributed by atoms with Crippen molar-refractivity contribution in [3.63, 3.8) is 0 Å². The Kier molecular flexibility index (Phi) is 3.24. The van der Waals surface area contributed by atoms with Crippen molar-refractivity contribution in [2.45, 2.75) is 33.1 Å². The second-order valence-corrected chi connectivity index (χ2v) is 6.04. The fourth-order valence-electron chi connectivity index (χ4n) is 1.22. The van der Waals surface area contributed by atoms with E-state index in [1.807, 2.05) is 0 Å². The number of hydrogen-bond donors (Lipinski definition) is 0. The van der Waals surface area contributed by atoms with Crippen LogP contribution in [0.5, 0.6) is 0 Å². The topological polar surface area (TPSA) is 0 Å². The number of hydrogen-bond acceptors (Lipinski definition) is 0. The van der Waals surface area contributed by atoms with Gasteiger partial charge in [-0.1, -0.05) is 52.6 Å². The summed E-state index contributed by atoms with van der Waals surface area (Å²) in [6, 6.07) is 4.35. The molecule has 0 aliphatic carbocycles. The zero-order valence-corrected chi connectivity index (χ0v) is 11.6. The first-order valence-corrected chi connectivity index (χ1v) is 5.87. The lowest BCUT2D eigenvalue weighted by Crippen LogP contribution is -2.12. The second-order valence-electron chi connectivity index (χ2n) is 4.33. The first-order valence-electron chi connectivity index (χ1n) is 4.28. The third kappa shape index (κ3) is 2.57. The van der Waals surface area contributed by atoms with Gasteiger partial charge >= 0.3 is 0 Å². The number of aryl methyl sites for hydroxylation is 1. The van der Waals surface area contributed by atoms with Crippen molar-refractivity contribution in [3.8, 4) is 0 Å². The Hall–Kier alpha value is 0.180. The summed E-state index contributed by atoms with van der Waals surface area (Å²) in [7, 11) is 0. The van der Waals surface area contributed by atoms with Gasteiger partial charge in [-0.2, -0.15) is 0 Å². The highest BCUT2D eigenvalue weighted by atomic mass is 79.9. The molecule has 0 unspecified atom stereocenters. The van der Waals surface area contributed by atoms with Gasteiger partial charge in [0.25, 0.3) is 0 Å². The van der Waals surface area contributed by atoms with E-state index in [9.17, 15) is 0 Å². The number of halogens is 2. The first kappa shape index (κ1) is 11.3. The molecule has 0 saturated heterocycles. The van der Waals surface area contributed by atoms with Gasteiger partial charge in [-0.15, -0.1) is 0 Å². The Bertz CT molecular complexity index is 322. The zero-order chi connectivity index (χ0) is 10.2. The molecule has 0 aliphatic rings. The minimum Gasteiger partial charge on any atom is -0.0560 e. The van der Waals surface area contributed by atoms with Crippen molar-refractivity contribution < 1.29 is 0 Å². The van der Waals surface area contributed by atoms with Crippen LogP contribution in [0.15, 0.2) is 21.1 Å². The van der Waals surface area contributed by atoms with Crippen LogP contribution in [0, 0.1) is 6.92 Å². The van der Waals surface area contributed by atoms with E-state index in [2.05, 4.69) is 71.7 Å². The van der Waals surface area contributed by atoms with Crippen LogP contribution in [-0.2, 0) is 5.41 Å². The smallest absolute Gasteiger partial charge is 0.0216 e. The van der Waals surface area contributed by atoms with Crippen LogP contribution in [0.1, 0.15) is 31.9 Å². The van der Waals surface area contributed by atoms with Gasteiger partial charge in [0.15, 0.2) is 0 Å². The molecule has 0 fully saturated rings. The van der Waals surface area contributed by atoms with Crippen LogP contribution in [0.4, 0.5) is 0 Å². The molecule has 13 heavy (non-hydrogen) atoms. The van der Waals surface area contributed by atoms with Crippen molar-refractivity contribution >= 4 is 31.9 Å². The summed E-state index contributed by atoms with van der Waals surface area (Å²) in [6.45, 7) is 8.75. The lowest BCUT2D eigenvalue weighted by atomic mass is 9.87. The Morgan fingerprint density at radius 3 is 2.00 bits per heavy atom. The highest BCUT2D eigenvalue weighted by molar-refractivity contribution is 9.11. The molecule has 0 radical (unpaired) electrons. The molecule has 0 atom stereocenters. The van der Waals surface area contributed by atoms with Gasteiger partial charge in [0.2, 0.25) is 0 Å². The molecule has 0 amide bonds. The largest absolute Gasteiger partial charge is 0.0560 e. The molecule has 0 saturated carbocycles. The van der Waals surface area contributed by atoms with Crippen molar-refractivity contribution in [3.05, 3.63) is 32.2 Å². The maximum atomic E-state index is 3.60. The van der Waals surface area contributed by atoms with E-state index in [-0.39, 0.29) is 5.41 Å². The SMILES string of the molecule is Cc1cc(Br)c(C(C)(C)C)cc1Br. The van der Waals surface area contributed by atoms with Crippen molar-refractivity contribution in [2.75, 3.05) is 0 Å². The summed E-state index contributed by atoms with van der Waals surface area (Å²) in [5.74, 6) is 0. The van der Waals surface area contributed by atoms with Gasteiger partial charge in [-0.05, 0) is 35.6 Å². The zero-order valence-electron chi connectivity index (χ0n) is 8.41. The quantitative estimate of drug-likeness (QED) is 0.645. The molecule has 1 aromatic carbocycles. The molecule has 1 aromatic rings. The highest BCUT2D eigenvalue weighted by Crippen LogP contribution is 2.33. The molecular formula is C11H14Br2. The van der Waals surface area contributed by atoms with Gasteiger partial charge in [-0.25, -0.2) is 0 Å². The lowest BCUT2D eigenvalue weighted by molar-refractivity contribution is 0.586. The normalized spacial score (nSPS) is 11.8. The molecular weight excluding hydrogens is 292 g/mol. The van der Waals surface area contributed by atoms with E-state index in [0.29, 0.717) is 0 Å². The summed E-state index contributed by atoms with van der Waals surface area (Å²) < 4.78 is 2.38. The molecule has 0 N–H and O–H groups in total. The molecule has 2 heteroatoms. The standard InChI is InChI=1S/C11H14Br2/c1-7-5-10(13)8(6-9(7)12)11(2,3)4/h5-6H,1-4H3. The lowest BCUT2D eigenvalue weighted by Gasteiger charge is -2.21. The number of benzene rings is 1. The maximum Gasteiger partial charge on any atom is 0.0216 e. The van der Waals surface area contributed by atoms with E-state index >= 15 is 0 Å². The van der Waals surface area contributed by atoms with E-state index in [0.717, 1.165) is 0 Å². The first-order chi connectivity index (χ1) is 5.82. The van der Waals surface area contributed by atoms with Gasteiger partial charge in [0.05, 0.1) is 0 Å². The molecule has 0 bridgehead atoms. The van der Waals surface area contributed by atoms with Crippen molar-refractivity contribution in [2.24, 2.45) is 0 Å². The summed E-state index contributed by atoms with van der Waals surface area (Å²) in [6.07, 6.45) is 0. The summed E-state index contributed by atoms with van der Waals surface area (Å²) in [4.78, 5) is 0. The van der Waals surface area contributed by atoms with Gasteiger partial charge < -0.3 is 0 Å². The second kappa shape index (κ2) is 3.74. The van der Waals surface area contributed by atoms with Crippen LogP contribution >= 0.6 is 31.9 Å². The Balaban J connectivity index is 3.32. The van der Waals surface area contributed by atoms with Crippen molar-refractivity contribution in [1.29, 1.82) is 0 Å². The average Bonchev–Trinajstić information content (AvgIpc) is 1.94. The van der Waals surface area contributed by atoms with Crippen LogP contribution in [-0.4, -0.2) is 0 Å². The monoisotopic (exact) mass is 304 g/mol. The van der Waals surface area contributed by atoms with Crippen LogP contribution < -0.4 is 0 Å². The van der Waals surface area contributed by atoms with Crippen LogP contribution in [0.25, 0.3) is 0 Å². The fraction of sp³-hybridized carbons (Fsp3) is 0.455. The molecule has 0 nitrogen and oxygen atoms in total. The molecule has 1 rings (SSSR count). The van der Waals surface area contributed by atoms with E-state index in [4.69, 9.17) is 0 Å². The summed E-state index contributed by atoms with van der Waals surface area (Å²) >= 11 is 7.15. The fourth-order valence-corrected chi connectivity index (χ4v) is 2.62. The van der Waals surface area contributed by atoms with E-state index < -0.39 is 0 Å². The van der Waals surface area contributed by atoms with Gasteiger partial charge in [0, 0.05) is 8.95 Å². The molecule has 0 aliphatic heterocycles. The average molecular weight is 306 g/mol. The van der Waals surface area contributed by atoms with Crippen LogP contribution in [0.2, 0.25) is 0 Å². The van der Waals surface area contributed by atoms with Gasteiger partial charge in [0.1, 0.15) is 0 Å². The predicted molar refractivity (Wildman–Crippen MR) is 65.3 cm³/mol.